The van der Waals surface area contributed by atoms with Gasteiger partial charge in [0.1, 0.15) is 5.82 Å². The molecular weight excluding hydrogens is 304 g/mol. The molecule has 0 aromatic carbocycles. The van der Waals surface area contributed by atoms with E-state index in [-0.39, 0.29) is 0 Å². The summed E-state index contributed by atoms with van der Waals surface area (Å²) in [5, 5.41) is 0. The van der Waals surface area contributed by atoms with Crippen molar-refractivity contribution in [1.82, 2.24) is 9.97 Å². The number of aromatic nitrogens is 2. The third-order valence-corrected chi connectivity index (χ3v) is 5.73. The van der Waals surface area contributed by atoms with E-state index < -0.39 is 0 Å². The zero-order valence-corrected chi connectivity index (χ0v) is 16.0. The van der Waals surface area contributed by atoms with Gasteiger partial charge in [-0.1, -0.05) is 76.3 Å². The molecule has 0 spiro atoms. The van der Waals surface area contributed by atoms with E-state index in [1.54, 1.807) is 0 Å². The highest BCUT2D eigenvalue weighted by atomic mass is 14.9. The van der Waals surface area contributed by atoms with E-state index >= 15 is 0 Å². The van der Waals surface area contributed by atoms with Gasteiger partial charge in [-0.15, -0.1) is 0 Å². The van der Waals surface area contributed by atoms with Gasteiger partial charge in [0.15, 0.2) is 0 Å². The maximum Gasteiger partial charge on any atom is 0.127 e. The van der Waals surface area contributed by atoms with Crippen molar-refractivity contribution in [2.75, 3.05) is 0 Å². The molecule has 2 nitrogen and oxygen atoms in total. The minimum absolute atomic E-state index is 0.456. The summed E-state index contributed by atoms with van der Waals surface area (Å²) < 4.78 is 0. The van der Waals surface area contributed by atoms with Crippen LogP contribution in [0.1, 0.15) is 70.7 Å². The van der Waals surface area contributed by atoms with Crippen LogP contribution in [-0.4, -0.2) is 9.97 Å². The SMILES string of the molecule is CCc1ncc(C2=CC(C)C=C(CCC3CCC(C)CC3)C=C2)cn1. The number of hydrogen-bond donors (Lipinski definition) is 0. The highest BCUT2D eigenvalue weighted by Crippen LogP contribution is 2.33. The van der Waals surface area contributed by atoms with Gasteiger partial charge in [-0.2, -0.15) is 0 Å². The average Bonchev–Trinajstić information content (AvgIpc) is 2.82. The fourth-order valence-electron chi connectivity index (χ4n) is 4.01. The Morgan fingerprint density at radius 3 is 2.36 bits per heavy atom. The quantitative estimate of drug-likeness (QED) is 0.643. The molecule has 2 heteroatoms. The second-order valence-corrected chi connectivity index (χ2v) is 7.96. The molecule has 1 aromatic heterocycles. The van der Waals surface area contributed by atoms with Crippen molar-refractivity contribution in [3.05, 3.63) is 53.7 Å². The van der Waals surface area contributed by atoms with Crippen molar-refractivity contribution in [3.8, 4) is 0 Å². The van der Waals surface area contributed by atoms with Crippen LogP contribution in [-0.2, 0) is 6.42 Å². The van der Waals surface area contributed by atoms with Crippen molar-refractivity contribution >= 4 is 5.57 Å². The van der Waals surface area contributed by atoms with E-state index in [1.807, 2.05) is 12.4 Å². The fourth-order valence-corrected chi connectivity index (χ4v) is 4.01. The first kappa shape index (κ1) is 18.1. The van der Waals surface area contributed by atoms with Gasteiger partial charge in [-0.3, -0.25) is 0 Å². The van der Waals surface area contributed by atoms with Crippen LogP contribution < -0.4 is 0 Å². The third-order valence-electron chi connectivity index (χ3n) is 5.73. The Balaban J connectivity index is 1.61. The number of rotatable bonds is 5. The Bertz CT molecular complexity index is 643. The minimum Gasteiger partial charge on any atom is -0.241 e. The maximum absolute atomic E-state index is 4.45. The molecule has 0 radical (unpaired) electrons. The lowest BCUT2D eigenvalue weighted by molar-refractivity contribution is 0.278. The summed E-state index contributed by atoms with van der Waals surface area (Å²) in [7, 11) is 0. The van der Waals surface area contributed by atoms with Crippen molar-refractivity contribution in [1.29, 1.82) is 0 Å². The number of allylic oxidation sites excluding steroid dienone is 6. The topological polar surface area (TPSA) is 25.8 Å². The highest BCUT2D eigenvalue weighted by Gasteiger charge is 2.18. The molecule has 0 bridgehead atoms. The molecule has 25 heavy (non-hydrogen) atoms. The molecule has 0 N–H and O–H groups in total. The molecule has 1 unspecified atom stereocenters. The van der Waals surface area contributed by atoms with Gasteiger partial charge in [0.25, 0.3) is 0 Å². The number of aryl methyl sites for hydroxylation is 1. The summed E-state index contributed by atoms with van der Waals surface area (Å²) in [5.74, 6) is 3.25. The zero-order chi connectivity index (χ0) is 17.6. The molecule has 1 atom stereocenters. The van der Waals surface area contributed by atoms with E-state index in [4.69, 9.17) is 0 Å². The Morgan fingerprint density at radius 1 is 0.960 bits per heavy atom. The van der Waals surface area contributed by atoms with E-state index in [0.29, 0.717) is 5.92 Å². The summed E-state index contributed by atoms with van der Waals surface area (Å²) in [5.41, 5.74) is 3.85. The monoisotopic (exact) mass is 336 g/mol. The van der Waals surface area contributed by atoms with Gasteiger partial charge in [0, 0.05) is 24.4 Å². The van der Waals surface area contributed by atoms with E-state index in [1.165, 1.54) is 49.7 Å². The summed E-state index contributed by atoms with van der Waals surface area (Å²) >= 11 is 0. The lowest BCUT2D eigenvalue weighted by atomic mass is 9.80. The Kier molecular flexibility index (Phi) is 6.23. The highest BCUT2D eigenvalue weighted by molar-refractivity contribution is 5.74. The molecule has 3 rings (SSSR count). The van der Waals surface area contributed by atoms with Crippen molar-refractivity contribution in [2.45, 2.75) is 65.7 Å². The first-order valence-corrected chi connectivity index (χ1v) is 10.1. The van der Waals surface area contributed by atoms with Crippen LogP contribution >= 0.6 is 0 Å². The van der Waals surface area contributed by atoms with Gasteiger partial charge in [-0.25, -0.2) is 9.97 Å². The number of nitrogens with zero attached hydrogens (tertiary/aromatic N) is 2. The van der Waals surface area contributed by atoms with E-state index in [0.717, 1.165) is 29.6 Å². The molecule has 2 aliphatic carbocycles. The molecule has 0 saturated heterocycles. The Labute approximate surface area is 153 Å². The normalized spacial score (nSPS) is 26.8. The first-order chi connectivity index (χ1) is 12.1. The smallest absolute Gasteiger partial charge is 0.127 e. The van der Waals surface area contributed by atoms with E-state index in [2.05, 4.69) is 55.0 Å². The molecule has 0 amide bonds. The fraction of sp³-hybridized carbons (Fsp3) is 0.565. The van der Waals surface area contributed by atoms with Crippen molar-refractivity contribution in [2.24, 2.45) is 17.8 Å². The molecule has 1 fully saturated rings. The molecule has 1 heterocycles. The van der Waals surface area contributed by atoms with Gasteiger partial charge < -0.3 is 0 Å². The van der Waals surface area contributed by atoms with Gasteiger partial charge in [0.05, 0.1) is 0 Å². The van der Waals surface area contributed by atoms with Crippen LogP contribution in [0.3, 0.4) is 0 Å². The summed E-state index contributed by atoms with van der Waals surface area (Å²) in [6, 6.07) is 0. The van der Waals surface area contributed by atoms with Gasteiger partial charge in [-0.05, 0) is 36.2 Å². The lowest BCUT2D eigenvalue weighted by Gasteiger charge is -2.26. The Morgan fingerprint density at radius 2 is 1.68 bits per heavy atom. The van der Waals surface area contributed by atoms with Crippen LogP contribution in [0.2, 0.25) is 0 Å². The predicted molar refractivity (Wildman–Crippen MR) is 106 cm³/mol. The molecule has 2 aliphatic rings. The standard InChI is InChI=1S/C23H32N2/c1-4-23-24-15-22(16-25-23)21-12-11-20(13-18(3)14-21)10-9-19-7-5-17(2)6-8-19/h11-19H,4-10H2,1-3H3. The molecular formula is C23H32N2. The summed E-state index contributed by atoms with van der Waals surface area (Å²) in [4.78, 5) is 8.90. The van der Waals surface area contributed by atoms with Gasteiger partial charge >= 0.3 is 0 Å². The van der Waals surface area contributed by atoms with Crippen LogP contribution in [0.15, 0.2) is 42.3 Å². The first-order valence-electron chi connectivity index (χ1n) is 10.1. The van der Waals surface area contributed by atoms with Crippen molar-refractivity contribution < 1.29 is 0 Å². The summed E-state index contributed by atoms with van der Waals surface area (Å²) in [6.07, 6.45) is 22.4. The average molecular weight is 337 g/mol. The van der Waals surface area contributed by atoms with E-state index in [9.17, 15) is 0 Å². The molecule has 0 aliphatic heterocycles. The van der Waals surface area contributed by atoms with Crippen molar-refractivity contribution in [3.63, 3.8) is 0 Å². The predicted octanol–water partition coefficient (Wildman–Crippen LogP) is 6.16. The largest absolute Gasteiger partial charge is 0.241 e. The zero-order valence-electron chi connectivity index (χ0n) is 16.0. The van der Waals surface area contributed by atoms with Crippen LogP contribution in [0.25, 0.3) is 5.57 Å². The third kappa shape index (κ3) is 5.14. The van der Waals surface area contributed by atoms with Crippen LogP contribution in [0, 0.1) is 17.8 Å². The van der Waals surface area contributed by atoms with Crippen LogP contribution in [0.5, 0.6) is 0 Å². The summed E-state index contributed by atoms with van der Waals surface area (Å²) in [6.45, 7) is 6.76. The second kappa shape index (κ2) is 8.60. The minimum atomic E-state index is 0.456. The Hall–Kier alpha value is -1.70. The molecule has 1 saturated carbocycles. The molecule has 134 valence electrons. The number of hydrogen-bond acceptors (Lipinski definition) is 2. The maximum atomic E-state index is 4.45. The van der Waals surface area contributed by atoms with Crippen LogP contribution in [0.4, 0.5) is 0 Å². The van der Waals surface area contributed by atoms with Gasteiger partial charge in [0.2, 0.25) is 0 Å². The molecule has 1 aromatic rings. The lowest BCUT2D eigenvalue weighted by Crippen LogP contribution is -2.12. The second-order valence-electron chi connectivity index (χ2n) is 7.96.